The van der Waals surface area contributed by atoms with Gasteiger partial charge in [-0.1, -0.05) is 38.1 Å². The van der Waals surface area contributed by atoms with E-state index in [-0.39, 0.29) is 36.2 Å². The molecule has 13 heteroatoms. The molecule has 5 amide bonds. The van der Waals surface area contributed by atoms with Crippen molar-refractivity contribution in [3.63, 3.8) is 0 Å². The molecule has 43 heavy (non-hydrogen) atoms. The number of aliphatic hydroxyl groups is 1. The number of carbonyl (C=O) groups excluding carboxylic acids is 5. The van der Waals surface area contributed by atoms with Gasteiger partial charge in [-0.15, -0.1) is 0 Å². The highest BCUT2D eigenvalue weighted by molar-refractivity contribution is 6.01. The molecule has 4 atom stereocenters. The molecule has 0 spiro atoms. The van der Waals surface area contributed by atoms with Crippen LogP contribution in [0.2, 0.25) is 0 Å². The van der Waals surface area contributed by atoms with Crippen molar-refractivity contribution in [2.75, 3.05) is 19.8 Å². The van der Waals surface area contributed by atoms with Crippen molar-refractivity contribution in [2.45, 2.75) is 57.8 Å². The summed E-state index contributed by atoms with van der Waals surface area (Å²) in [4.78, 5) is 65.4. The molecule has 0 unspecified atom stereocenters. The summed E-state index contributed by atoms with van der Waals surface area (Å²) in [6.07, 6.45) is -0.198. The van der Waals surface area contributed by atoms with Gasteiger partial charge in [0.05, 0.1) is 24.6 Å². The Balaban J connectivity index is 1.86. The van der Waals surface area contributed by atoms with Crippen molar-refractivity contribution in [3.05, 3.63) is 65.5 Å². The zero-order valence-corrected chi connectivity index (χ0v) is 24.3. The number of amides is 5. The quantitative estimate of drug-likeness (QED) is 0.275. The Hall–Kier alpha value is -4.52. The third-order valence-corrected chi connectivity index (χ3v) is 6.73. The van der Waals surface area contributed by atoms with Crippen LogP contribution in [0.25, 0.3) is 0 Å². The smallest absolute Gasteiger partial charge is 0.255 e. The van der Waals surface area contributed by atoms with Gasteiger partial charge in [0.15, 0.2) is 0 Å². The van der Waals surface area contributed by atoms with Crippen LogP contribution in [0, 0.1) is 11.7 Å². The standard InChI is InChI=1S/C30H38FN5O7/c1-17(2)26-30(42)33-18(3)16-43-24-7-5-4-6-21(24)27(39)35-22(14-25(38)34-23(15-37)29(41)36-26)28(40)32-13-12-19-8-10-20(31)11-9-19/h4-11,17-18,22-23,26,37H,12-16H2,1-3H3,(H,32,40)(H,33,42)(H,34,38)(H,35,39)(H,36,41)/t18-,22-,23-,26+/m0/s1. The number of hydrogen-bond acceptors (Lipinski definition) is 7. The number of fused-ring (bicyclic) bond motifs is 1. The van der Waals surface area contributed by atoms with Crippen molar-refractivity contribution in [2.24, 2.45) is 5.92 Å². The molecular formula is C30H38FN5O7. The van der Waals surface area contributed by atoms with Gasteiger partial charge < -0.3 is 36.4 Å². The summed E-state index contributed by atoms with van der Waals surface area (Å²) in [7, 11) is 0. The molecule has 2 aromatic carbocycles. The van der Waals surface area contributed by atoms with Crippen LogP contribution >= 0.6 is 0 Å². The molecule has 0 fully saturated rings. The first-order chi connectivity index (χ1) is 20.5. The Bertz CT molecular complexity index is 1300. The normalized spacial score (nSPS) is 22.2. The van der Waals surface area contributed by atoms with Crippen LogP contribution in [0.4, 0.5) is 4.39 Å². The van der Waals surface area contributed by atoms with Gasteiger partial charge in [-0.2, -0.15) is 0 Å². The van der Waals surface area contributed by atoms with Gasteiger partial charge >= 0.3 is 0 Å². The van der Waals surface area contributed by atoms with Crippen molar-refractivity contribution in [1.29, 1.82) is 0 Å². The van der Waals surface area contributed by atoms with Gasteiger partial charge in [0.25, 0.3) is 5.91 Å². The first kappa shape index (κ1) is 33.0. The number of rotatable bonds is 6. The number of halogens is 1. The highest BCUT2D eigenvalue weighted by atomic mass is 19.1. The molecule has 0 radical (unpaired) electrons. The molecule has 2 aromatic rings. The number of benzene rings is 2. The Kier molecular flexibility index (Phi) is 12.0. The lowest BCUT2D eigenvalue weighted by molar-refractivity contribution is -0.134. The fourth-order valence-corrected chi connectivity index (χ4v) is 4.34. The molecule has 0 saturated carbocycles. The van der Waals surface area contributed by atoms with Crippen molar-refractivity contribution in [3.8, 4) is 5.75 Å². The van der Waals surface area contributed by atoms with E-state index in [0.29, 0.717) is 6.42 Å². The lowest BCUT2D eigenvalue weighted by Gasteiger charge is -2.26. The molecular weight excluding hydrogens is 561 g/mol. The highest BCUT2D eigenvalue weighted by Crippen LogP contribution is 2.19. The minimum Gasteiger partial charge on any atom is -0.491 e. The van der Waals surface area contributed by atoms with E-state index in [9.17, 15) is 33.5 Å². The number of aliphatic hydroxyl groups excluding tert-OH is 1. The minimum atomic E-state index is -1.42. The average Bonchev–Trinajstić information content (AvgIpc) is 2.97. The third kappa shape index (κ3) is 9.77. The van der Waals surface area contributed by atoms with Crippen LogP contribution in [0.5, 0.6) is 5.75 Å². The molecule has 12 nitrogen and oxygen atoms in total. The van der Waals surface area contributed by atoms with Crippen LogP contribution in [0.3, 0.4) is 0 Å². The van der Waals surface area contributed by atoms with Crippen molar-refractivity contribution >= 4 is 29.5 Å². The number of carbonyl (C=O) groups is 5. The second kappa shape index (κ2) is 15.6. The van der Waals surface area contributed by atoms with Crippen LogP contribution in [0.15, 0.2) is 48.5 Å². The van der Waals surface area contributed by atoms with E-state index >= 15 is 0 Å². The van der Waals surface area contributed by atoms with Crippen LogP contribution in [-0.2, 0) is 25.6 Å². The van der Waals surface area contributed by atoms with Gasteiger partial charge in [-0.05, 0) is 49.1 Å². The van der Waals surface area contributed by atoms with E-state index in [1.165, 1.54) is 18.2 Å². The largest absolute Gasteiger partial charge is 0.491 e. The Morgan fingerprint density at radius 2 is 1.70 bits per heavy atom. The fraction of sp³-hybridized carbons (Fsp3) is 0.433. The van der Waals surface area contributed by atoms with Crippen LogP contribution in [0.1, 0.15) is 43.1 Å². The van der Waals surface area contributed by atoms with E-state index in [2.05, 4.69) is 26.6 Å². The van der Waals surface area contributed by atoms with Gasteiger partial charge in [0.1, 0.15) is 36.3 Å². The molecule has 1 aliphatic rings. The monoisotopic (exact) mass is 599 g/mol. The first-order valence-corrected chi connectivity index (χ1v) is 14.0. The topological polar surface area (TPSA) is 175 Å². The second-order valence-corrected chi connectivity index (χ2v) is 10.6. The summed E-state index contributed by atoms with van der Waals surface area (Å²) in [5.41, 5.74) is 0.863. The predicted octanol–water partition coefficient (Wildman–Crippen LogP) is 0.188. The Morgan fingerprint density at radius 3 is 2.37 bits per heavy atom. The van der Waals surface area contributed by atoms with E-state index < -0.39 is 66.7 Å². The minimum absolute atomic E-state index is 0.0125. The molecule has 1 heterocycles. The average molecular weight is 600 g/mol. The van der Waals surface area contributed by atoms with Gasteiger partial charge in [-0.25, -0.2) is 4.39 Å². The highest BCUT2D eigenvalue weighted by Gasteiger charge is 2.31. The van der Waals surface area contributed by atoms with Crippen molar-refractivity contribution in [1.82, 2.24) is 26.6 Å². The molecule has 0 aliphatic carbocycles. The molecule has 3 rings (SSSR count). The van der Waals surface area contributed by atoms with Gasteiger partial charge in [0, 0.05) is 6.54 Å². The summed E-state index contributed by atoms with van der Waals surface area (Å²) in [6.45, 7) is 4.50. The Labute approximate surface area is 249 Å². The van der Waals surface area contributed by atoms with Crippen LogP contribution in [-0.4, -0.2) is 78.6 Å². The number of ether oxygens (including phenoxy) is 1. The van der Waals surface area contributed by atoms with E-state index in [1.54, 1.807) is 51.1 Å². The number of nitrogens with one attached hydrogen (secondary N) is 5. The zero-order chi connectivity index (χ0) is 31.5. The second-order valence-electron chi connectivity index (χ2n) is 10.6. The zero-order valence-electron chi connectivity index (χ0n) is 24.3. The first-order valence-electron chi connectivity index (χ1n) is 14.0. The summed E-state index contributed by atoms with van der Waals surface area (Å²) >= 11 is 0. The maximum Gasteiger partial charge on any atom is 0.255 e. The Morgan fingerprint density at radius 1 is 1.00 bits per heavy atom. The summed E-state index contributed by atoms with van der Waals surface area (Å²) in [6, 6.07) is 7.79. The lowest BCUT2D eigenvalue weighted by Crippen LogP contribution is -2.58. The molecule has 0 saturated heterocycles. The number of para-hydroxylation sites is 1. The molecule has 232 valence electrons. The summed E-state index contributed by atoms with van der Waals surface area (Å²) < 4.78 is 19.0. The fourth-order valence-electron chi connectivity index (χ4n) is 4.34. The maximum atomic E-state index is 13.3. The van der Waals surface area contributed by atoms with E-state index in [4.69, 9.17) is 4.74 Å². The lowest BCUT2D eigenvalue weighted by atomic mass is 10.0. The molecule has 6 N–H and O–H groups in total. The maximum absolute atomic E-state index is 13.3. The van der Waals surface area contributed by atoms with Gasteiger partial charge in [0.2, 0.25) is 23.6 Å². The van der Waals surface area contributed by atoms with Crippen molar-refractivity contribution < 1.29 is 38.2 Å². The molecule has 0 aromatic heterocycles. The number of hydrogen-bond donors (Lipinski definition) is 6. The van der Waals surface area contributed by atoms with Crippen LogP contribution < -0.4 is 31.3 Å². The molecule has 0 bridgehead atoms. The predicted molar refractivity (Wildman–Crippen MR) is 154 cm³/mol. The summed E-state index contributed by atoms with van der Waals surface area (Å²) in [5, 5.41) is 22.8. The summed E-state index contributed by atoms with van der Waals surface area (Å²) in [5.74, 6) is -3.99. The SMILES string of the molecule is CC(C)[C@H]1NC(=O)[C@H](CO)NC(=O)C[C@@H](C(=O)NCCc2ccc(F)cc2)NC(=O)c2ccccc2OC[C@H](C)NC1=O. The van der Waals surface area contributed by atoms with E-state index in [1.807, 2.05) is 0 Å². The van der Waals surface area contributed by atoms with Gasteiger partial charge in [-0.3, -0.25) is 24.0 Å². The molecule has 1 aliphatic heterocycles. The van der Waals surface area contributed by atoms with E-state index in [0.717, 1.165) is 5.56 Å². The third-order valence-electron chi connectivity index (χ3n) is 6.73.